The van der Waals surface area contributed by atoms with E-state index < -0.39 is 0 Å². The molecule has 30 heavy (non-hydrogen) atoms. The molecule has 0 aromatic carbocycles. The molecule has 0 saturated carbocycles. The fourth-order valence-corrected chi connectivity index (χ4v) is 4.78. The van der Waals surface area contributed by atoms with Crippen LogP contribution < -0.4 is 20.7 Å². The van der Waals surface area contributed by atoms with E-state index in [-0.39, 0.29) is 5.56 Å². The molecule has 0 unspecified atom stereocenters. The highest BCUT2D eigenvalue weighted by atomic mass is 16.5. The summed E-state index contributed by atoms with van der Waals surface area (Å²) in [5.74, 6) is 2.82. The summed E-state index contributed by atoms with van der Waals surface area (Å²) < 4.78 is 7.44. The quantitative estimate of drug-likeness (QED) is 0.788. The van der Waals surface area contributed by atoms with Gasteiger partial charge in [-0.3, -0.25) is 4.79 Å². The number of hydrogen-bond acceptors (Lipinski definition) is 8. The Morgan fingerprint density at radius 1 is 1.07 bits per heavy atom. The number of morpholine rings is 1. The molecule has 9 nitrogen and oxygen atoms in total. The zero-order chi connectivity index (χ0) is 20.5. The number of rotatable bonds is 5. The van der Waals surface area contributed by atoms with Gasteiger partial charge in [0, 0.05) is 56.9 Å². The summed E-state index contributed by atoms with van der Waals surface area (Å²) in [7, 11) is 0. The number of anilines is 3. The van der Waals surface area contributed by atoms with E-state index in [1.165, 1.54) is 0 Å². The first-order valence-corrected chi connectivity index (χ1v) is 11.0. The van der Waals surface area contributed by atoms with Crippen LogP contribution in [0.5, 0.6) is 0 Å². The number of aromatic nitrogens is 4. The van der Waals surface area contributed by atoms with Crippen LogP contribution in [-0.4, -0.2) is 65.5 Å². The van der Waals surface area contributed by atoms with Gasteiger partial charge in [-0.1, -0.05) is 13.0 Å². The van der Waals surface area contributed by atoms with Crippen molar-refractivity contribution in [3.63, 3.8) is 0 Å². The van der Waals surface area contributed by atoms with Crippen LogP contribution in [0.4, 0.5) is 17.8 Å². The molecule has 3 aliphatic rings. The van der Waals surface area contributed by atoms with E-state index in [4.69, 9.17) is 14.7 Å². The molecule has 5 heterocycles. The maximum atomic E-state index is 12.3. The predicted octanol–water partition coefficient (Wildman–Crippen LogP) is 1.32. The maximum absolute atomic E-state index is 12.3. The zero-order valence-electron chi connectivity index (χ0n) is 17.5. The van der Waals surface area contributed by atoms with Crippen LogP contribution >= 0.6 is 0 Å². The molecule has 0 spiro atoms. The van der Waals surface area contributed by atoms with Crippen molar-refractivity contribution in [1.82, 2.24) is 19.5 Å². The van der Waals surface area contributed by atoms with Gasteiger partial charge in [0.05, 0.1) is 13.2 Å². The van der Waals surface area contributed by atoms with Gasteiger partial charge < -0.3 is 24.4 Å². The van der Waals surface area contributed by atoms with Gasteiger partial charge in [0.1, 0.15) is 0 Å². The number of nitrogens with one attached hydrogen (secondary N) is 1. The summed E-state index contributed by atoms with van der Waals surface area (Å²) in [5, 5.41) is 3.33. The maximum Gasteiger partial charge on any atom is 0.250 e. The number of pyridine rings is 1. The Hall–Kier alpha value is -2.68. The average molecular weight is 412 g/mol. The SMILES string of the molecule is CCCNc1nc(N2CCOCC2)nc(N2C[C@@H]3C[C@@H](C2)c2cccc(=O)n2C3)n1. The third-order valence-corrected chi connectivity index (χ3v) is 6.20. The first-order valence-electron chi connectivity index (χ1n) is 11.0. The Kier molecular flexibility index (Phi) is 5.28. The average Bonchev–Trinajstić information content (AvgIpc) is 2.79. The third kappa shape index (κ3) is 3.74. The number of hydrogen-bond donors (Lipinski definition) is 1. The number of ether oxygens (including phenoxy) is 1. The van der Waals surface area contributed by atoms with Crippen LogP contribution in [0.2, 0.25) is 0 Å². The van der Waals surface area contributed by atoms with Crippen molar-refractivity contribution >= 4 is 17.8 Å². The van der Waals surface area contributed by atoms with Crippen LogP contribution in [0.25, 0.3) is 0 Å². The van der Waals surface area contributed by atoms with Gasteiger partial charge in [0.15, 0.2) is 0 Å². The van der Waals surface area contributed by atoms with E-state index in [1.54, 1.807) is 6.07 Å². The lowest BCUT2D eigenvalue weighted by Gasteiger charge is -2.42. The van der Waals surface area contributed by atoms with Gasteiger partial charge in [-0.25, -0.2) is 0 Å². The summed E-state index contributed by atoms with van der Waals surface area (Å²) in [6, 6.07) is 5.63. The molecule has 2 saturated heterocycles. The van der Waals surface area contributed by atoms with Crippen LogP contribution in [-0.2, 0) is 11.3 Å². The van der Waals surface area contributed by atoms with E-state index in [0.29, 0.717) is 36.9 Å². The number of nitrogens with zero attached hydrogens (tertiary/aromatic N) is 6. The van der Waals surface area contributed by atoms with Crippen molar-refractivity contribution in [2.75, 3.05) is 61.1 Å². The lowest BCUT2D eigenvalue weighted by atomic mass is 9.83. The predicted molar refractivity (Wildman–Crippen MR) is 115 cm³/mol. The topological polar surface area (TPSA) is 88.4 Å². The fourth-order valence-electron chi connectivity index (χ4n) is 4.78. The Morgan fingerprint density at radius 3 is 2.67 bits per heavy atom. The smallest absolute Gasteiger partial charge is 0.250 e. The number of piperidine rings is 1. The second kappa shape index (κ2) is 8.22. The lowest BCUT2D eigenvalue weighted by molar-refractivity contribution is 0.122. The second-order valence-electron chi connectivity index (χ2n) is 8.39. The minimum atomic E-state index is 0.108. The van der Waals surface area contributed by atoms with Crippen molar-refractivity contribution in [1.29, 1.82) is 0 Å². The van der Waals surface area contributed by atoms with Gasteiger partial charge in [0.25, 0.3) is 5.56 Å². The molecule has 1 N–H and O–H groups in total. The second-order valence-corrected chi connectivity index (χ2v) is 8.39. The highest BCUT2D eigenvalue weighted by molar-refractivity contribution is 5.46. The van der Waals surface area contributed by atoms with Crippen molar-refractivity contribution < 1.29 is 4.74 Å². The fraction of sp³-hybridized carbons (Fsp3) is 0.619. The largest absolute Gasteiger partial charge is 0.378 e. The Balaban J connectivity index is 1.45. The minimum absolute atomic E-state index is 0.108. The van der Waals surface area contributed by atoms with Crippen molar-refractivity contribution in [2.24, 2.45) is 5.92 Å². The van der Waals surface area contributed by atoms with Crippen LogP contribution in [0.3, 0.4) is 0 Å². The summed E-state index contributed by atoms with van der Waals surface area (Å²) in [5.41, 5.74) is 1.24. The van der Waals surface area contributed by atoms with E-state index >= 15 is 0 Å². The third-order valence-electron chi connectivity index (χ3n) is 6.20. The van der Waals surface area contributed by atoms with Gasteiger partial charge in [-0.15, -0.1) is 0 Å². The zero-order valence-corrected chi connectivity index (χ0v) is 17.5. The molecule has 0 aliphatic carbocycles. The highest BCUT2D eigenvalue weighted by Crippen LogP contribution is 2.36. The normalized spacial score (nSPS) is 23.2. The first-order chi connectivity index (χ1) is 14.7. The molecule has 9 heteroatoms. The van der Waals surface area contributed by atoms with Crippen LogP contribution in [0, 0.1) is 5.92 Å². The van der Waals surface area contributed by atoms with E-state index in [2.05, 4.69) is 33.1 Å². The minimum Gasteiger partial charge on any atom is -0.378 e. The summed E-state index contributed by atoms with van der Waals surface area (Å²) in [6.07, 6.45) is 2.12. The molecular formula is C21H29N7O2. The molecule has 2 fully saturated rings. The Labute approximate surface area is 176 Å². The Bertz CT molecular complexity index is 957. The van der Waals surface area contributed by atoms with Gasteiger partial charge in [-0.2, -0.15) is 15.0 Å². The summed E-state index contributed by atoms with van der Waals surface area (Å²) in [4.78, 5) is 31.0. The summed E-state index contributed by atoms with van der Waals surface area (Å²) in [6.45, 7) is 8.37. The molecule has 0 radical (unpaired) electrons. The molecule has 0 amide bonds. The van der Waals surface area contributed by atoms with Gasteiger partial charge in [0.2, 0.25) is 17.8 Å². The highest BCUT2D eigenvalue weighted by Gasteiger charge is 2.35. The lowest BCUT2D eigenvalue weighted by Crippen LogP contribution is -2.48. The van der Waals surface area contributed by atoms with Crippen molar-refractivity contribution in [3.8, 4) is 0 Å². The summed E-state index contributed by atoms with van der Waals surface area (Å²) >= 11 is 0. The molecular weight excluding hydrogens is 382 g/mol. The van der Waals surface area contributed by atoms with E-state index in [1.807, 2.05) is 10.6 Å². The van der Waals surface area contributed by atoms with Crippen molar-refractivity contribution in [2.45, 2.75) is 32.2 Å². The Morgan fingerprint density at radius 2 is 1.87 bits per heavy atom. The molecule has 160 valence electrons. The van der Waals surface area contributed by atoms with Gasteiger partial charge >= 0.3 is 0 Å². The molecule has 2 aromatic heterocycles. The molecule has 5 rings (SSSR count). The first kappa shape index (κ1) is 19.3. The van der Waals surface area contributed by atoms with E-state index in [9.17, 15) is 4.79 Å². The molecule has 2 bridgehead atoms. The molecule has 2 atom stereocenters. The van der Waals surface area contributed by atoms with E-state index in [0.717, 1.165) is 63.8 Å². The monoisotopic (exact) mass is 411 g/mol. The van der Waals surface area contributed by atoms with Crippen LogP contribution in [0.1, 0.15) is 31.4 Å². The molecule has 2 aromatic rings. The van der Waals surface area contributed by atoms with Gasteiger partial charge in [-0.05, 0) is 24.8 Å². The molecule has 3 aliphatic heterocycles. The van der Waals surface area contributed by atoms with Crippen LogP contribution in [0.15, 0.2) is 23.0 Å². The number of fused-ring (bicyclic) bond motifs is 4. The van der Waals surface area contributed by atoms with Crippen molar-refractivity contribution in [3.05, 3.63) is 34.2 Å². The standard InChI is InChI=1S/C21H29N7O2/c1-2-6-22-19-23-20(26-7-9-30-10-8-26)25-21(24-19)27-12-15-11-16(14-27)17-4-3-5-18(29)28(17)13-15/h3-5,15-16H,2,6-14H2,1H3,(H,22,23,24,25)/t15-,16-/m0/s1.